The van der Waals surface area contributed by atoms with E-state index < -0.39 is 0 Å². The van der Waals surface area contributed by atoms with Gasteiger partial charge in [-0.05, 0) is 50.6 Å². The zero-order chi connectivity index (χ0) is 13.2. The standard InChI is InChI=1S/C14H19BrFNS/c1-10(12-8-11(15)4-5-13(12)16)17-9-14(2)6-3-7-18-14/h4-5,8,10,17H,3,6-7,9H2,1-2H3. The van der Waals surface area contributed by atoms with Gasteiger partial charge in [0.25, 0.3) is 0 Å². The van der Waals surface area contributed by atoms with Gasteiger partial charge in [-0.25, -0.2) is 4.39 Å². The first-order chi connectivity index (χ1) is 8.50. The predicted molar refractivity (Wildman–Crippen MR) is 80.6 cm³/mol. The molecule has 4 heteroatoms. The third-order valence-corrected chi connectivity index (χ3v) is 5.54. The number of halogens is 2. The highest BCUT2D eigenvalue weighted by atomic mass is 79.9. The van der Waals surface area contributed by atoms with Gasteiger partial charge in [0.2, 0.25) is 0 Å². The maximum atomic E-state index is 13.8. The van der Waals surface area contributed by atoms with Crippen LogP contribution < -0.4 is 5.32 Å². The third kappa shape index (κ3) is 3.49. The fourth-order valence-corrected chi connectivity index (χ4v) is 3.94. The van der Waals surface area contributed by atoms with Gasteiger partial charge in [-0.3, -0.25) is 0 Å². The topological polar surface area (TPSA) is 12.0 Å². The second-order valence-electron chi connectivity index (χ2n) is 5.17. The molecule has 0 aliphatic carbocycles. The molecule has 0 saturated carbocycles. The quantitative estimate of drug-likeness (QED) is 0.870. The van der Waals surface area contributed by atoms with Crippen molar-refractivity contribution in [2.75, 3.05) is 12.3 Å². The van der Waals surface area contributed by atoms with Gasteiger partial charge >= 0.3 is 0 Å². The number of rotatable bonds is 4. The largest absolute Gasteiger partial charge is 0.309 e. The molecule has 0 bridgehead atoms. The molecule has 1 aliphatic rings. The van der Waals surface area contributed by atoms with Gasteiger partial charge in [0.05, 0.1) is 0 Å². The molecule has 1 aromatic rings. The lowest BCUT2D eigenvalue weighted by atomic mass is 10.0. The lowest BCUT2D eigenvalue weighted by Crippen LogP contribution is -2.34. The molecular formula is C14H19BrFNS. The van der Waals surface area contributed by atoms with Crippen LogP contribution in [-0.2, 0) is 0 Å². The van der Waals surface area contributed by atoms with Crippen LogP contribution in [-0.4, -0.2) is 17.0 Å². The summed E-state index contributed by atoms with van der Waals surface area (Å²) in [7, 11) is 0. The van der Waals surface area contributed by atoms with Crippen LogP contribution >= 0.6 is 27.7 Å². The van der Waals surface area contributed by atoms with Crippen LogP contribution in [0.4, 0.5) is 4.39 Å². The van der Waals surface area contributed by atoms with E-state index in [0.717, 1.165) is 16.6 Å². The number of nitrogens with one attached hydrogen (secondary N) is 1. The van der Waals surface area contributed by atoms with E-state index in [-0.39, 0.29) is 11.9 Å². The van der Waals surface area contributed by atoms with Crippen molar-refractivity contribution in [3.8, 4) is 0 Å². The SMILES string of the molecule is CC(NCC1(C)CCCS1)c1cc(Br)ccc1F. The van der Waals surface area contributed by atoms with E-state index in [2.05, 4.69) is 28.2 Å². The Morgan fingerprint density at radius 3 is 3.00 bits per heavy atom. The summed E-state index contributed by atoms with van der Waals surface area (Å²) in [6.45, 7) is 5.25. The summed E-state index contributed by atoms with van der Waals surface area (Å²) >= 11 is 5.42. The van der Waals surface area contributed by atoms with Crippen molar-refractivity contribution >= 4 is 27.7 Å². The minimum absolute atomic E-state index is 0.0422. The Morgan fingerprint density at radius 2 is 2.33 bits per heavy atom. The van der Waals surface area contributed by atoms with E-state index in [1.54, 1.807) is 6.07 Å². The minimum Gasteiger partial charge on any atom is -0.309 e. The number of benzene rings is 1. The minimum atomic E-state index is -0.137. The van der Waals surface area contributed by atoms with E-state index in [1.807, 2.05) is 24.8 Å². The van der Waals surface area contributed by atoms with Crippen molar-refractivity contribution in [2.45, 2.75) is 37.5 Å². The molecule has 2 rings (SSSR count). The average Bonchev–Trinajstić information content (AvgIpc) is 2.77. The second-order valence-corrected chi connectivity index (χ2v) is 7.77. The predicted octanol–water partition coefficient (Wildman–Crippen LogP) is 4.52. The van der Waals surface area contributed by atoms with Crippen molar-refractivity contribution in [1.82, 2.24) is 5.32 Å². The highest BCUT2D eigenvalue weighted by Gasteiger charge is 2.29. The van der Waals surface area contributed by atoms with Crippen LogP contribution in [0.1, 0.15) is 38.3 Å². The molecule has 100 valence electrons. The van der Waals surface area contributed by atoms with Crippen molar-refractivity contribution in [3.63, 3.8) is 0 Å². The average molecular weight is 332 g/mol. The summed E-state index contributed by atoms with van der Waals surface area (Å²) in [6.07, 6.45) is 2.54. The zero-order valence-corrected chi connectivity index (χ0v) is 13.2. The molecule has 1 aliphatic heterocycles. The Hall–Kier alpha value is -0.0600. The van der Waals surface area contributed by atoms with E-state index in [1.165, 1.54) is 24.7 Å². The van der Waals surface area contributed by atoms with Crippen molar-refractivity contribution in [3.05, 3.63) is 34.1 Å². The summed E-state index contributed by atoms with van der Waals surface area (Å²) < 4.78 is 15.0. The first-order valence-corrected chi connectivity index (χ1v) is 8.10. The molecule has 18 heavy (non-hydrogen) atoms. The molecule has 2 atom stereocenters. The van der Waals surface area contributed by atoms with Crippen molar-refractivity contribution in [2.24, 2.45) is 0 Å². The van der Waals surface area contributed by atoms with E-state index in [0.29, 0.717) is 4.75 Å². The Balaban J connectivity index is 1.99. The Labute approximate surface area is 121 Å². The van der Waals surface area contributed by atoms with Crippen LogP contribution in [0.2, 0.25) is 0 Å². The first-order valence-electron chi connectivity index (χ1n) is 6.32. The Morgan fingerprint density at radius 1 is 1.56 bits per heavy atom. The third-order valence-electron chi connectivity index (χ3n) is 3.51. The number of hydrogen-bond acceptors (Lipinski definition) is 2. The lowest BCUT2D eigenvalue weighted by molar-refractivity contribution is 0.475. The lowest BCUT2D eigenvalue weighted by Gasteiger charge is -2.26. The molecule has 1 saturated heterocycles. The zero-order valence-electron chi connectivity index (χ0n) is 10.8. The van der Waals surface area contributed by atoms with Gasteiger partial charge in [-0.1, -0.05) is 15.9 Å². The maximum Gasteiger partial charge on any atom is 0.128 e. The van der Waals surface area contributed by atoms with E-state index in [9.17, 15) is 4.39 Å². The summed E-state index contributed by atoms with van der Waals surface area (Å²) in [6, 6.07) is 5.15. The van der Waals surface area contributed by atoms with Gasteiger partial charge in [0.15, 0.2) is 0 Å². The molecular weight excluding hydrogens is 313 g/mol. The molecule has 0 aromatic heterocycles. The van der Waals surface area contributed by atoms with Gasteiger partial charge in [-0.2, -0.15) is 11.8 Å². The van der Waals surface area contributed by atoms with Crippen molar-refractivity contribution in [1.29, 1.82) is 0 Å². The molecule has 1 aromatic carbocycles. The van der Waals surface area contributed by atoms with Crippen LogP contribution in [0.25, 0.3) is 0 Å². The van der Waals surface area contributed by atoms with Gasteiger partial charge in [0.1, 0.15) is 5.82 Å². The van der Waals surface area contributed by atoms with E-state index >= 15 is 0 Å². The summed E-state index contributed by atoms with van der Waals surface area (Å²) in [5.41, 5.74) is 0.732. The first kappa shape index (κ1) is 14.4. The van der Waals surface area contributed by atoms with Gasteiger partial charge < -0.3 is 5.32 Å². The maximum absolute atomic E-state index is 13.8. The van der Waals surface area contributed by atoms with Gasteiger partial charge in [-0.15, -0.1) is 0 Å². The fraction of sp³-hybridized carbons (Fsp3) is 0.571. The smallest absolute Gasteiger partial charge is 0.128 e. The summed E-state index contributed by atoms with van der Waals surface area (Å²) in [5, 5.41) is 3.47. The summed E-state index contributed by atoms with van der Waals surface area (Å²) in [5.74, 6) is 1.11. The Kier molecular flexibility index (Phi) is 4.73. The molecule has 0 spiro atoms. The van der Waals surface area contributed by atoms with Crippen LogP contribution in [0.3, 0.4) is 0 Å². The molecule has 1 N–H and O–H groups in total. The fourth-order valence-electron chi connectivity index (χ4n) is 2.30. The Bertz CT molecular complexity index is 418. The highest BCUT2D eigenvalue weighted by Crippen LogP contribution is 2.37. The van der Waals surface area contributed by atoms with Crippen LogP contribution in [0.15, 0.2) is 22.7 Å². The molecule has 1 heterocycles. The second kappa shape index (κ2) is 5.93. The monoisotopic (exact) mass is 331 g/mol. The molecule has 1 nitrogen and oxygen atoms in total. The highest BCUT2D eigenvalue weighted by molar-refractivity contribution is 9.10. The molecule has 0 amide bonds. The number of thioether (sulfide) groups is 1. The summed E-state index contributed by atoms with van der Waals surface area (Å²) in [4.78, 5) is 0. The molecule has 0 radical (unpaired) electrons. The van der Waals surface area contributed by atoms with E-state index in [4.69, 9.17) is 0 Å². The normalized spacial score (nSPS) is 25.3. The molecule has 2 unspecified atom stereocenters. The number of hydrogen-bond donors (Lipinski definition) is 1. The van der Waals surface area contributed by atoms with Crippen molar-refractivity contribution < 1.29 is 4.39 Å². The van der Waals surface area contributed by atoms with Crippen LogP contribution in [0, 0.1) is 5.82 Å². The molecule has 1 fully saturated rings. The van der Waals surface area contributed by atoms with Gasteiger partial charge in [0, 0.05) is 27.4 Å². The van der Waals surface area contributed by atoms with Crippen LogP contribution in [0.5, 0.6) is 0 Å².